The summed E-state index contributed by atoms with van der Waals surface area (Å²) in [5, 5.41) is 14.5. The summed E-state index contributed by atoms with van der Waals surface area (Å²) in [5.74, 6) is -1.88. The third-order valence-electron chi connectivity index (χ3n) is 7.06. The number of carbonyl (C=O) groups is 1. The molecule has 0 saturated heterocycles. The van der Waals surface area contributed by atoms with E-state index in [4.69, 9.17) is 0 Å². The van der Waals surface area contributed by atoms with Gasteiger partial charge in [0, 0.05) is 36.8 Å². The Hall–Kier alpha value is -3.18. The lowest BCUT2D eigenvalue weighted by Gasteiger charge is -2.31. The molecule has 0 heterocycles. The Morgan fingerprint density at radius 2 is 1.55 bits per heavy atom. The fourth-order valence-corrected chi connectivity index (χ4v) is 6.11. The van der Waals surface area contributed by atoms with Crippen LogP contribution in [-0.4, -0.2) is 56.1 Å². The first-order valence-corrected chi connectivity index (χ1v) is 15.7. The van der Waals surface area contributed by atoms with Crippen LogP contribution in [0.1, 0.15) is 62.0 Å². The maximum atomic E-state index is 14.0. The summed E-state index contributed by atoms with van der Waals surface area (Å²) in [6.07, 6.45) is 0.0759. The number of carbonyl (C=O) groups excluding carboxylic acids is 1. The van der Waals surface area contributed by atoms with Gasteiger partial charge in [-0.3, -0.25) is 4.79 Å². The van der Waals surface area contributed by atoms with E-state index in [1.807, 2.05) is 58.0 Å². The molecule has 2 atom stereocenters. The van der Waals surface area contributed by atoms with Crippen molar-refractivity contribution >= 4 is 15.9 Å². The van der Waals surface area contributed by atoms with Crippen molar-refractivity contribution < 1.29 is 27.1 Å². The van der Waals surface area contributed by atoms with E-state index in [0.29, 0.717) is 13.1 Å². The van der Waals surface area contributed by atoms with E-state index in [2.05, 4.69) is 10.0 Å². The lowest BCUT2D eigenvalue weighted by molar-refractivity contribution is 0.0755. The van der Waals surface area contributed by atoms with Gasteiger partial charge in [-0.25, -0.2) is 21.9 Å². The molecule has 0 spiro atoms. The predicted molar refractivity (Wildman–Crippen MR) is 161 cm³/mol. The highest BCUT2D eigenvalue weighted by atomic mass is 32.2. The van der Waals surface area contributed by atoms with Gasteiger partial charge in [0.25, 0.3) is 5.91 Å². The zero-order valence-electron chi connectivity index (χ0n) is 24.6. The van der Waals surface area contributed by atoms with Crippen molar-refractivity contribution in [2.45, 2.75) is 69.5 Å². The van der Waals surface area contributed by atoms with Gasteiger partial charge in [0.2, 0.25) is 10.0 Å². The summed E-state index contributed by atoms with van der Waals surface area (Å²) >= 11 is 0. The van der Waals surface area contributed by atoms with Crippen molar-refractivity contribution in [3.8, 4) is 0 Å². The number of aliphatic hydroxyl groups excluding tert-OH is 1. The van der Waals surface area contributed by atoms with E-state index < -0.39 is 39.3 Å². The van der Waals surface area contributed by atoms with Crippen LogP contribution in [0.25, 0.3) is 0 Å². The number of hydrogen-bond donors (Lipinski definition) is 3. The smallest absolute Gasteiger partial charge is 0.253 e. The molecule has 0 radical (unpaired) electrons. The summed E-state index contributed by atoms with van der Waals surface area (Å²) in [6, 6.07) is 17.1. The molecule has 1 amide bonds. The van der Waals surface area contributed by atoms with Gasteiger partial charge >= 0.3 is 0 Å². The highest BCUT2D eigenvalue weighted by Crippen LogP contribution is 2.21. The third kappa shape index (κ3) is 9.16. The molecule has 3 aromatic rings. The molecular weight excluding hydrogens is 560 g/mol. The minimum Gasteiger partial charge on any atom is -0.390 e. The Bertz CT molecular complexity index is 1410. The predicted octanol–water partition coefficient (Wildman–Crippen LogP) is 5.00. The Kier molecular flexibility index (Phi) is 11.8. The quantitative estimate of drug-likeness (QED) is 0.228. The van der Waals surface area contributed by atoms with Gasteiger partial charge in [0.1, 0.15) is 11.6 Å². The number of nitrogens with one attached hydrogen (secondary N) is 2. The van der Waals surface area contributed by atoms with E-state index in [9.17, 15) is 27.1 Å². The van der Waals surface area contributed by atoms with Crippen molar-refractivity contribution in [3.63, 3.8) is 0 Å². The molecule has 3 N–H and O–H groups in total. The molecule has 42 heavy (non-hydrogen) atoms. The van der Waals surface area contributed by atoms with E-state index in [1.165, 1.54) is 18.2 Å². The van der Waals surface area contributed by atoms with Gasteiger partial charge in [0.15, 0.2) is 0 Å². The molecule has 0 bridgehead atoms. The monoisotopic (exact) mass is 601 g/mol. The number of rotatable bonds is 15. The topological polar surface area (TPSA) is 98.7 Å². The number of benzene rings is 3. The first-order valence-electron chi connectivity index (χ1n) is 14.2. The summed E-state index contributed by atoms with van der Waals surface area (Å²) in [5.41, 5.74) is 0.813. The largest absolute Gasteiger partial charge is 0.390 e. The zero-order valence-corrected chi connectivity index (χ0v) is 25.4. The van der Waals surface area contributed by atoms with Crippen LogP contribution in [0.3, 0.4) is 0 Å². The summed E-state index contributed by atoms with van der Waals surface area (Å²) < 4.78 is 57.6. The van der Waals surface area contributed by atoms with Gasteiger partial charge in [-0.15, -0.1) is 0 Å². The number of aliphatic hydroxyl groups is 1. The maximum absolute atomic E-state index is 14.0. The average Bonchev–Trinajstić information content (AvgIpc) is 2.95. The Morgan fingerprint density at radius 1 is 0.929 bits per heavy atom. The fraction of sp³-hybridized carbons (Fsp3) is 0.406. The van der Waals surface area contributed by atoms with E-state index in [0.717, 1.165) is 36.6 Å². The average molecular weight is 602 g/mol. The van der Waals surface area contributed by atoms with Gasteiger partial charge in [-0.05, 0) is 74.6 Å². The van der Waals surface area contributed by atoms with Crippen molar-refractivity contribution in [1.82, 2.24) is 14.9 Å². The standard InChI is InChI=1S/C32H41F2N3O4S/c1-5-15-37(16-6-2)31(39)24-11-10-14-28(20-24)42(40,41)36-29(19-23-17-26(33)21-27(34)18-23)30(38)22-35-32(3,4)25-12-8-7-9-13-25/h7-14,17-18,20-21,29-30,35-36,38H,5-6,15-16,19,22H2,1-4H3/t29-,30+/m0/s1. The van der Waals surface area contributed by atoms with Gasteiger partial charge < -0.3 is 15.3 Å². The first kappa shape index (κ1) is 33.3. The highest BCUT2D eigenvalue weighted by molar-refractivity contribution is 7.89. The third-order valence-corrected chi connectivity index (χ3v) is 8.55. The molecule has 0 aliphatic carbocycles. The molecule has 0 aromatic heterocycles. The second-order valence-electron chi connectivity index (χ2n) is 11.0. The fourth-order valence-electron chi connectivity index (χ4n) is 4.80. The van der Waals surface area contributed by atoms with Crippen molar-refractivity contribution in [2.24, 2.45) is 0 Å². The van der Waals surface area contributed by atoms with E-state index in [-0.39, 0.29) is 34.9 Å². The van der Waals surface area contributed by atoms with Crippen LogP contribution < -0.4 is 10.0 Å². The number of sulfonamides is 1. The van der Waals surface area contributed by atoms with E-state index >= 15 is 0 Å². The normalized spacial score (nSPS) is 13.5. The van der Waals surface area contributed by atoms with Crippen molar-refractivity contribution in [2.75, 3.05) is 19.6 Å². The second kappa shape index (κ2) is 14.8. The molecule has 0 aliphatic heterocycles. The molecule has 3 aromatic carbocycles. The van der Waals surface area contributed by atoms with Crippen LogP contribution >= 0.6 is 0 Å². The summed E-state index contributed by atoms with van der Waals surface area (Å²) in [6.45, 7) is 8.87. The lowest BCUT2D eigenvalue weighted by atomic mass is 9.93. The minimum atomic E-state index is -4.25. The molecule has 0 aliphatic rings. The summed E-state index contributed by atoms with van der Waals surface area (Å²) in [7, 11) is -4.25. The van der Waals surface area contributed by atoms with Gasteiger partial charge in [0.05, 0.1) is 17.0 Å². The number of nitrogens with zero attached hydrogens (tertiary/aromatic N) is 1. The highest BCUT2D eigenvalue weighted by Gasteiger charge is 2.29. The Balaban J connectivity index is 1.88. The van der Waals surface area contributed by atoms with Crippen LogP contribution in [0, 0.1) is 11.6 Å². The lowest BCUT2D eigenvalue weighted by Crippen LogP contribution is -2.51. The van der Waals surface area contributed by atoms with Crippen LogP contribution in [-0.2, 0) is 22.0 Å². The molecule has 3 rings (SSSR count). The SMILES string of the molecule is CCCN(CCC)C(=O)c1cccc(S(=O)(=O)N[C@@H](Cc2cc(F)cc(F)c2)[C@H](O)CNC(C)(C)c2ccccc2)c1. The minimum absolute atomic E-state index is 0.0194. The molecule has 0 saturated carbocycles. The van der Waals surface area contributed by atoms with Crippen LogP contribution in [0.2, 0.25) is 0 Å². The van der Waals surface area contributed by atoms with E-state index in [1.54, 1.807) is 11.0 Å². The number of halogens is 2. The first-order chi connectivity index (χ1) is 19.9. The van der Waals surface area contributed by atoms with Gasteiger partial charge in [-0.1, -0.05) is 50.2 Å². The zero-order chi connectivity index (χ0) is 30.9. The van der Waals surface area contributed by atoms with Crippen LogP contribution in [0.5, 0.6) is 0 Å². The molecular formula is C32H41F2N3O4S. The molecule has 0 fully saturated rings. The Labute approximate surface area is 248 Å². The molecule has 10 heteroatoms. The number of hydrogen-bond acceptors (Lipinski definition) is 5. The van der Waals surface area contributed by atoms with Crippen molar-refractivity contribution in [1.29, 1.82) is 0 Å². The van der Waals surface area contributed by atoms with Crippen LogP contribution in [0.4, 0.5) is 8.78 Å². The maximum Gasteiger partial charge on any atom is 0.253 e. The van der Waals surface area contributed by atoms with Gasteiger partial charge in [-0.2, -0.15) is 0 Å². The molecule has 0 unspecified atom stereocenters. The molecule has 7 nitrogen and oxygen atoms in total. The molecule has 228 valence electrons. The summed E-state index contributed by atoms with van der Waals surface area (Å²) in [4.78, 5) is 14.7. The number of amides is 1. The Morgan fingerprint density at radius 3 is 2.14 bits per heavy atom. The van der Waals surface area contributed by atoms with Crippen molar-refractivity contribution in [3.05, 3.63) is 101 Å². The second-order valence-corrected chi connectivity index (χ2v) is 12.7. The van der Waals surface area contributed by atoms with Crippen LogP contribution in [0.15, 0.2) is 77.7 Å².